The van der Waals surface area contributed by atoms with Crippen molar-refractivity contribution >= 4 is 0 Å². The molecule has 0 radical (unpaired) electrons. The third kappa shape index (κ3) is 2.23. The van der Waals surface area contributed by atoms with Crippen LogP contribution in [-0.2, 0) is 13.2 Å². The predicted molar refractivity (Wildman–Crippen MR) is 68.5 cm³/mol. The maximum Gasteiger partial charge on any atom is 0.0687 e. The SMILES string of the molecule is Cc1cccc(CO)c1-c1ccccc1CO. The average Bonchev–Trinajstić information content (AvgIpc) is 2.38. The quantitative estimate of drug-likeness (QED) is 0.847. The van der Waals surface area contributed by atoms with E-state index in [1.165, 1.54) is 0 Å². The van der Waals surface area contributed by atoms with Gasteiger partial charge in [-0.05, 0) is 34.7 Å². The van der Waals surface area contributed by atoms with E-state index in [4.69, 9.17) is 0 Å². The van der Waals surface area contributed by atoms with Gasteiger partial charge in [0.2, 0.25) is 0 Å². The molecule has 2 rings (SSSR count). The Morgan fingerprint density at radius 1 is 0.824 bits per heavy atom. The van der Waals surface area contributed by atoms with Crippen LogP contribution in [0.3, 0.4) is 0 Å². The molecule has 0 spiro atoms. The van der Waals surface area contributed by atoms with Crippen LogP contribution in [0.25, 0.3) is 11.1 Å². The van der Waals surface area contributed by atoms with Crippen LogP contribution in [-0.4, -0.2) is 10.2 Å². The van der Waals surface area contributed by atoms with Crippen molar-refractivity contribution in [1.82, 2.24) is 0 Å². The maximum atomic E-state index is 9.41. The van der Waals surface area contributed by atoms with Crippen molar-refractivity contribution in [3.8, 4) is 11.1 Å². The minimum Gasteiger partial charge on any atom is -0.392 e. The van der Waals surface area contributed by atoms with Crippen molar-refractivity contribution in [2.75, 3.05) is 0 Å². The summed E-state index contributed by atoms with van der Waals surface area (Å²) < 4.78 is 0. The van der Waals surface area contributed by atoms with Gasteiger partial charge in [0.25, 0.3) is 0 Å². The van der Waals surface area contributed by atoms with Crippen molar-refractivity contribution in [3.63, 3.8) is 0 Å². The van der Waals surface area contributed by atoms with E-state index >= 15 is 0 Å². The van der Waals surface area contributed by atoms with Crippen molar-refractivity contribution in [2.45, 2.75) is 20.1 Å². The molecule has 0 saturated carbocycles. The van der Waals surface area contributed by atoms with Gasteiger partial charge in [-0.15, -0.1) is 0 Å². The van der Waals surface area contributed by atoms with Crippen molar-refractivity contribution < 1.29 is 10.2 Å². The van der Waals surface area contributed by atoms with Crippen LogP contribution in [0.1, 0.15) is 16.7 Å². The summed E-state index contributed by atoms with van der Waals surface area (Å²) >= 11 is 0. The second-order valence-corrected chi connectivity index (χ2v) is 4.08. The number of aliphatic hydroxyl groups is 2. The summed E-state index contributed by atoms with van der Waals surface area (Å²) in [6, 6.07) is 13.6. The molecule has 17 heavy (non-hydrogen) atoms. The van der Waals surface area contributed by atoms with E-state index in [0.717, 1.165) is 27.8 Å². The van der Waals surface area contributed by atoms with Crippen LogP contribution < -0.4 is 0 Å². The van der Waals surface area contributed by atoms with E-state index in [-0.39, 0.29) is 13.2 Å². The van der Waals surface area contributed by atoms with Gasteiger partial charge >= 0.3 is 0 Å². The molecule has 0 fully saturated rings. The molecule has 2 aromatic carbocycles. The van der Waals surface area contributed by atoms with Gasteiger partial charge in [-0.25, -0.2) is 0 Å². The molecule has 0 aliphatic carbocycles. The average molecular weight is 228 g/mol. The number of rotatable bonds is 3. The molecule has 2 nitrogen and oxygen atoms in total. The predicted octanol–water partition coefficient (Wildman–Crippen LogP) is 2.65. The van der Waals surface area contributed by atoms with Crippen molar-refractivity contribution in [1.29, 1.82) is 0 Å². The summed E-state index contributed by atoms with van der Waals surface area (Å²) in [7, 11) is 0. The Labute approximate surface area is 101 Å². The molecule has 0 aliphatic heterocycles. The maximum absolute atomic E-state index is 9.41. The summed E-state index contributed by atoms with van der Waals surface area (Å²) in [6.45, 7) is 2.04. The molecule has 2 heteroatoms. The molecule has 0 aliphatic rings. The Balaban J connectivity index is 2.67. The highest BCUT2D eigenvalue weighted by Crippen LogP contribution is 2.30. The Kier molecular flexibility index (Phi) is 3.57. The van der Waals surface area contributed by atoms with E-state index < -0.39 is 0 Å². The van der Waals surface area contributed by atoms with Crippen LogP contribution in [0.15, 0.2) is 42.5 Å². The smallest absolute Gasteiger partial charge is 0.0687 e. The monoisotopic (exact) mass is 228 g/mol. The van der Waals surface area contributed by atoms with Crippen LogP contribution in [0.2, 0.25) is 0 Å². The first-order chi connectivity index (χ1) is 8.27. The normalized spacial score (nSPS) is 10.5. The molecular weight excluding hydrogens is 212 g/mol. The Morgan fingerprint density at radius 2 is 1.47 bits per heavy atom. The Hall–Kier alpha value is -1.64. The molecule has 0 saturated heterocycles. The van der Waals surface area contributed by atoms with Gasteiger partial charge in [-0.3, -0.25) is 0 Å². The highest BCUT2D eigenvalue weighted by Gasteiger charge is 2.10. The fraction of sp³-hybridized carbons (Fsp3) is 0.200. The van der Waals surface area contributed by atoms with Gasteiger partial charge in [-0.1, -0.05) is 42.5 Å². The molecule has 2 N–H and O–H groups in total. The Bertz CT molecular complexity index is 518. The highest BCUT2D eigenvalue weighted by molar-refractivity contribution is 5.73. The number of benzene rings is 2. The van der Waals surface area contributed by atoms with Gasteiger partial charge < -0.3 is 10.2 Å². The highest BCUT2D eigenvalue weighted by atomic mass is 16.3. The minimum atomic E-state index is 0.00930. The van der Waals surface area contributed by atoms with Crippen LogP contribution in [0.4, 0.5) is 0 Å². The molecular formula is C15H16O2. The molecule has 0 heterocycles. The first-order valence-electron chi connectivity index (χ1n) is 5.66. The third-order valence-corrected chi connectivity index (χ3v) is 2.99. The van der Waals surface area contributed by atoms with Gasteiger partial charge in [0.05, 0.1) is 13.2 Å². The first kappa shape index (κ1) is 11.8. The molecule has 0 unspecified atom stereocenters. The lowest BCUT2D eigenvalue weighted by atomic mass is 9.92. The zero-order valence-corrected chi connectivity index (χ0v) is 9.85. The zero-order valence-electron chi connectivity index (χ0n) is 9.85. The van der Waals surface area contributed by atoms with Gasteiger partial charge in [-0.2, -0.15) is 0 Å². The lowest BCUT2D eigenvalue weighted by Crippen LogP contribution is -1.96. The van der Waals surface area contributed by atoms with Gasteiger partial charge in [0.15, 0.2) is 0 Å². The molecule has 2 aromatic rings. The Morgan fingerprint density at radius 3 is 2.18 bits per heavy atom. The van der Waals surface area contributed by atoms with Crippen LogP contribution in [0.5, 0.6) is 0 Å². The fourth-order valence-corrected chi connectivity index (χ4v) is 2.15. The van der Waals surface area contributed by atoms with Gasteiger partial charge in [0.1, 0.15) is 0 Å². The molecule has 0 aromatic heterocycles. The minimum absolute atomic E-state index is 0.00930. The van der Waals surface area contributed by atoms with E-state index in [1.54, 1.807) is 0 Å². The second kappa shape index (κ2) is 5.13. The first-order valence-corrected chi connectivity index (χ1v) is 5.66. The van der Waals surface area contributed by atoms with Crippen LogP contribution >= 0.6 is 0 Å². The molecule has 0 amide bonds. The lowest BCUT2D eigenvalue weighted by Gasteiger charge is -2.14. The summed E-state index contributed by atoms with van der Waals surface area (Å²) in [4.78, 5) is 0. The van der Waals surface area contributed by atoms with Crippen molar-refractivity contribution in [2.24, 2.45) is 0 Å². The van der Waals surface area contributed by atoms with Gasteiger partial charge in [0, 0.05) is 0 Å². The standard InChI is InChI=1S/C15H16O2/c1-11-5-4-7-13(10-17)15(11)14-8-3-2-6-12(14)9-16/h2-8,16-17H,9-10H2,1H3. The summed E-state index contributed by atoms with van der Waals surface area (Å²) in [5.74, 6) is 0. The summed E-state index contributed by atoms with van der Waals surface area (Å²) in [6.07, 6.45) is 0. The molecule has 88 valence electrons. The summed E-state index contributed by atoms with van der Waals surface area (Å²) in [5, 5.41) is 18.8. The van der Waals surface area contributed by atoms with E-state index in [1.807, 2.05) is 49.4 Å². The second-order valence-electron chi connectivity index (χ2n) is 4.08. The van der Waals surface area contributed by atoms with Crippen molar-refractivity contribution in [3.05, 3.63) is 59.2 Å². The molecule has 0 bridgehead atoms. The van der Waals surface area contributed by atoms with Crippen LogP contribution in [0, 0.1) is 6.92 Å². The topological polar surface area (TPSA) is 40.5 Å². The lowest BCUT2D eigenvalue weighted by molar-refractivity contribution is 0.280. The fourth-order valence-electron chi connectivity index (χ4n) is 2.15. The van der Waals surface area contributed by atoms with E-state index in [2.05, 4.69) is 0 Å². The zero-order chi connectivity index (χ0) is 12.3. The van der Waals surface area contributed by atoms with E-state index in [9.17, 15) is 10.2 Å². The number of hydrogen-bond donors (Lipinski definition) is 2. The number of aliphatic hydroxyl groups excluding tert-OH is 2. The number of hydrogen-bond acceptors (Lipinski definition) is 2. The third-order valence-electron chi connectivity index (χ3n) is 2.99. The number of aryl methyl sites for hydroxylation is 1. The van der Waals surface area contributed by atoms with E-state index in [0.29, 0.717) is 0 Å². The molecule has 0 atom stereocenters. The summed E-state index contributed by atoms with van der Waals surface area (Å²) in [5.41, 5.74) is 4.91. The largest absolute Gasteiger partial charge is 0.392 e.